The van der Waals surface area contributed by atoms with Gasteiger partial charge in [-0.1, -0.05) is 35.9 Å². The number of rotatable bonds is 6. The normalized spacial score (nSPS) is 10.6. The molecule has 0 aliphatic rings. The Balaban J connectivity index is 1.97. The van der Waals surface area contributed by atoms with Gasteiger partial charge in [-0.15, -0.1) is 0 Å². The number of carbonyl (C=O) groups is 1. The molecule has 0 unspecified atom stereocenters. The van der Waals surface area contributed by atoms with Crippen LogP contribution in [-0.4, -0.2) is 29.5 Å². The summed E-state index contributed by atoms with van der Waals surface area (Å²) in [6.07, 6.45) is 0. The van der Waals surface area contributed by atoms with Crippen LogP contribution < -0.4 is 4.74 Å². The second kappa shape index (κ2) is 8.06. The molecule has 5 nitrogen and oxygen atoms in total. The number of halogens is 1. The van der Waals surface area contributed by atoms with Crippen LogP contribution in [0.1, 0.15) is 23.0 Å². The van der Waals surface area contributed by atoms with E-state index in [1.807, 2.05) is 48.5 Å². The molecule has 1 aromatic heterocycles. The summed E-state index contributed by atoms with van der Waals surface area (Å²) in [5.41, 5.74) is 3.07. The van der Waals surface area contributed by atoms with Crippen LogP contribution in [0.15, 0.2) is 54.6 Å². The number of hydrogen-bond donors (Lipinski definition) is 0. The Morgan fingerprint density at radius 2 is 1.81 bits per heavy atom. The molecule has 0 spiro atoms. The maximum Gasteiger partial charge on any atom is 0.358 e. The van der Waals surface area contributed by atoms with Gasteiger partial charge in [0.25, 0.3) is 0 Å². The summed E-state index contributed by atoms with van der Waals surface area (Å²) >= 11 is 5.99. The van der Waals surface area contributed by atoms with Crippen molar-refractivity contribution in [1.82, 2.24) is 9.78 Å². The van der Waals surface area contributed by atoms with Gasteiger partial charge in [-0.2, -0.15) is 5.10 Å². The van der Waals surface area contributed by atoms with Crippen LogP contribution in [0.4, 0.5) is 0 Å². The predicted molar refractivity (Wildman–Crippen MR) is 101 cm³/mol. The molecule has 2 aromatic carbocycles. The highest BCUT2D eigenvalue weighted by molar-refractivity contribution is 6.30. The van der Waals surface area contributed by atoms with Crippen molar-refractivity contribution in [3.63, 3.8) is 0 Å². The maximum absolute atomic E-state index is 12.1. The summed E-state index contributed by atoms with van der Waals surface area (Å²) in [4.78, 5) is 12.1. The van der Waals surface area contributed by atoms with Crippen molar-refractivity contribution in [2.75, 3.05) is 13.7 Å². The number of esters is 1. The van der Waals surface area contributed by atoms with Gasteiger partial charge in [-0.3, -0.25) is 4.68 Å². The van der Waals surface area contributed by atoms with E-state index in [0.717, 1.165) is 22.6 Å². The first-order valence-electron chi connectivity index (χ1n) is 8.24. The second-order valence-corrected chi connectivity index (χ2v) is 6.08. The molecule has 3 aromatic rings. The minimum absolute atomic E-state index is 0.283. The van der Waals surface area contributed by atoms with Gasteiger partial charge in [-0.25, -0.2) is 4.79 Å². The number of benzene rings is 2. The molecular weight excluding hydrogens is 352 g/mol. The largest absolute Gasteiger partial charge is 0.497 e. The van der Waals surface area contributed by atoms with Gasteiger partial charge < -0.3 is 9.47 Å². The van der Waals surface area contributed by atoms with E-state index in [1.165, 1.54) is 0 Å². The van der Waals surface area contributed by atoms with Crippen LogP contribution in [0.3, 0.4) is 0 Å². The van der Waals surface area contributed by atoms with E-state index in [9.17, 15) is 4.79 Å². The van der Waals surface area contributed by atoms with E-state index in [4.69, 9.17) is 21.1 Å². The number of hydrogen-bond acceptors (Lipinski definition) is 4. The number of methoxy groups -OCH3 is 1. The SMILES string of the molecule is CCOC(=O)c1cc(-c2ccc(Cl)cc2)n(Cc2ccc(OC)cc2)n1. The molecule has 0 fully saturated rings. The molecule has 6 heteroatoms. The van der Waals surface area contributed by atoms with Crippen LogP contribution in [-0.2, 0) is 11.3 Å². The molecule has 26 heavy (non-hydrogen) atoms. The fraction of sp³-hybridized carbons (Fsp3) is 0.200. The lowest BCUT2D eigenvalue weighted by molar-refractivity contribution is 0.0518. The highest BCUT2D eigenvalue weighted by Crippen LogP contribution is 2.24. The fourth-order valence-electron chi connectivity index (χ4n) is 2.60. The summed E-state index contributed by atoms with van der Waals surface area (Å²) in [5.74, 6) is 0.357. The van der Waals surface area contributed by atoms with Crippen LogP contribution in [0, 0.1) is 0 Å². The first-order chi connectivity index (χ1) is 12.6. The maximum atomic E-state index is 12.1. The number of aromatic nitrogens is 2. The van der Waals surface area contributed by atoms with Crippen LogP contribution in [0.5, 0.6) is 5.75 Å². The van der Waals surface area contributed by atoms with Gasteiger partial charge in [0, 0.05) is 5.02 Å². The minimum Gasteiger partial charge on any atom is -0.497 e. The zero-order valence-corrected chi connectivity index (χ0v) is 15.4. The Kier molecular flexibility index (Phi) is 5.58. The molecule has 0 atom stereocenters. The summed E-state index contributed by atoms with van der Waals surface area (Å²) < 4.78 is 12.1. The van der Waals surface area contributed by atoms with E-state index in [1.54, 1.807) is 24.8 Å². The smallest absolute Gasteiger partial charge is 0.358 e. The van der Waals surface area contributed by atoms with Crippen LogP contribution in [0.25, 0.3) is 11.3 Å². The zero-order valence-electron chi connectivity index (χ0n) is 14.6. The van der Waals surface area contributed by atoms with Crippen molar-refractivity contribution in [2.45, 2.75) is 13.5 Å². The van der Waals surface area contributed by atoms with Gasteiger partial charge >= 0.3 is 5.97 Å². The van der Waals surface area contributed by atoms with Crippen LogP contribution >= 0.6 is 11.6 Å². The summed E-state index contributed by atoms with van der Waals surface area (Å²) in [5, 5.41) is 5.10. The average Bonchev–Trinajstić information content (AvgIpc) is 3.07. The summed E-state index contributed by atoms with van der Waals surface area (Å²) in [6.45, 7) is 2.59. The lowest BCUT2D eigenvalue weighted by Gasteiger charge is -2.08. The van der Waals surface area contributed by atoms with Crippen molar-refractivity contribution < 1.29 is 14.3 Å². The third-order valence-electron chi connectivity index (χ3n) is 3.90. The quantitative estimate of drug-likeness (QED) is 0.602. The van der Waals surface area contributed by atoms with Gasteiger partial charge in [-0.05, 0) is 48.4 Å². The van der Waals surface area contributed by atoms with E-state index < -0.39 is 5.97 Å². The first kappa shape index (κ1) is 18.0. The topological polar surface area (TPSA) is 53.4 Å². The lowest BCUT2D eigenvalue weighted by atomic mass is 10.1. The number of ether oxygens (including phenoxy) is 2. The van der Waals surface area contributed by atoms with Gasteiger partial charge in [0.2, 0.25) is 0 Å². The standard InChI is InChI=1S/C20H19ClN2O3/c1-3-26-20(24)18-12-19(15-6-8-16(21)9-7-15)23(22-18)13-14-4-10-17(25-2)11-5-14/h4-12H,3,13H2,1-2H3. The number of carbonyl (C=O) groups excluding carboxylic acids is 1. The molecular formula is C20H19ClN2O3. The number of nitrogens with zero attached hydrogens (tertiary/aromatic N) is 2. The van der Waals surface area contributed by atoms with E-state index in [0.29, 0.717) is 18.2 Å². The van der Waals surface area contributed by atoms with E-state index >= 15 is 0 Å². The Labute approximate surface area is 157 Å². The Bertz CT molecular complexity index is 886. The average molecular weight is 371 g/mol. The predicted octanol–water partition coefficient (Wildman–Crippen LogP) is 4.44. The molecule has 0 N–H and O–H groups in total. The molecule has 3 rings (SSSR count). The third-order valence-corrected chi connectivity index (χ3v) is 4.15. The third kappa shape index (κ3) is 4.06. The van der Waals surface area contributed by atoms with Gasteiger partial charge in [0.05, 0.1) is 26.0 Å². The van der Waals surface area contributed by atoms with Crippen molar-refractivity contribution in [3.8, 4) is 17.0 Å². The summed E-state index contributed by atoms with van der Waals surface area (Å²) in [6, 6.07) is 16.9. The molecule has 0 bridgehead atoms. The van der Waals surface area contributed by atoms with E-state index in [2.05, 4.69) is 5.10 Å². The molecule has 0 saturated carbocycles. The fourth-order valence-corrected chi connectivity index (χ4v) is 2.72. The van der Waals surface area contributed by atoms with Crippen LogP contribution in [0.2, 0.25) is 5.02 Å². The Hall–Kier alpha value is -2.79. The van der Waals surface area contributed by atoms with Crippen molar-refractivity contribution >= 4 is 17.6 Å². The second-order valence-electron chi connectivity index (χ2n) is 5.65. The Morgan fingerprint density at radius 3 is 2.42 bits per heavy atom. The molecule has 134 valence electrons. The lowest BCUT2D eigenvalue weighted by Crippen LogP contribution is -2.08. The van der Waals surface area contributed by atoms with Crippen molar-refractivity contribution in [1.29, 1.82) is 0 Å². The highest BCUT2D eigenvalue weighted by Gasteiger charge is 2.17. The van der Waals surface area contributed by atoms with Crippen molar-refractivity contribution in [2.24, 2.45) is 0 Å². The molecule has 0 aliphatic carbocycles. The zero-order chi connectivity index (χ0) is 18.5. The molecule has 0 amide bonds. The molecule has 0 radical (unpaired) electrons. The van der Waals surface area contributed by atoms with Crippen molar-refractivity contribution in [3.05, 3.63) is 70.9 Å². The summed E-state index contributed by atoms with van der Waals surface area (Å²) in [7, 11) is 1.63. The Morgan fingerprint density at radius 1 is 1.12 bits per heavy atom. The van der Waals surface area contributed by atoms with E-state index in [-0.39, 0.29) is 5.69 Å². The van der Waals surface area contributed by atoms with Gasteiger partial charge in [0.1, 0.15) is 5.75 Å². The highest BCUT2D eigenvalue weighted by atomic mass is 35.5. The monoisotopic (exact) mass is 370 g/mol. The molecule has 0 saturated heterocycles. The first-order valence-corrected chi connectivity index (χ1v) is 8.62. The molecule has 0 aliphatic heterocycles. The molecule has 1 heterocycles. The minimum atomic E-state index is -0.434. The van der Waals surface area contributed by atoms with Gasteiger partial charge in [0.15, 0.2) is 5.69 Å².